The number of aromatic nitrogens is 3. The number of rotatable bonds is 6. The number of ether oxygens (including phenoxy) is 1. The molecule has 4 N–H and O–H groups in total. The minimum atomic E-state index is -1.06. The Hall–Kier alpha value is -3.34. The van der Waals surface area contributed by atoms with E-state index in [-0.39, 0.29) is 29.8 Å². The number of nitrogens with two attached hydrogens (primary N) is 2. The number of carbonyl (C=O) groups is 3. The maximum atomic E-state index is 12.9. The van der Waals surface area contributed by atoms with Gasteiger partial charge in [-0.3, -0.25) is 19.2 Å². The van der Waals surface area contributed by atoms with Gasteiger partial charge in [-0.25, -0.2) is 4.90 Å². The Labute approximate surface area is 171 Å². The number of piperidine rings is 1. The topological polar surface area (TPSA) is 164 Å². The van der Waals surface area contributed by atoms with Gasteiger partial charge in [-0.2, -0.15) is 4.68 Å². The fourth-order valence-corrected chi connectivity index (χ4v) is 3.22. The van der Waals surface area contributed by atoms with Crippen molar-refractivity contribution in [3.63, 3.8) is 0 Å². The third kappa shape index (κ3) is 3.88. The van der Waals surface area contributed by atoms with Crippen LogP contribution >= 0.6 is 0 Å². The summed E-state index contributed by atoms with van der Waals surface area (Å²) in [5.74, 6) is -2.04. The van der Waals surface area contributed by atoms with E-state index in [1.807, 2.05) is 6.92 Å². The number of carbonyl (C=O) groups excluding carboxylic acids is 3. The number of amides is 2. The van der Waals surface area contributed by atoms with Gasteiger partial charge in [-0.1, -0.05) is 31.5 Å². The van der Waals surface area contributed by atoms with Gasteiger partial charge in [0.1, 0.15) is 17.6 Å². The van der Waals surface area contributed by atoms with Gasteiger partial charge in [0.05, 0.1) is 5.39 Å². The van der Waals surface area contributed by atoms with Crippen LogP contribution in [-0.4, -0.2) is 50.5 Å². The molecule has 0 aliphatic carbocycles. The zero-order valence-electron chi connectivity index (χ0n) is 16.8. The summed E-state index contributed by atoms with van der Waals surface area (Å²) in [5.41, 5.74) is 11.6. The fourth-order valence-electron chi connectivity index (χ4n) is 3.22. The smallest absolute Gasteiger partial charge is 0.324 e. The van der Waals surface area contributed by atoms with E-state index >= 15 is 0 Å². The fraction of sp³-hybridized carbons (Fsp3) is 0.474. The van der Waals surface area contributed by atoms with Crippen LogP contribution in [0.15, 0.2) is 23.0 Å². The Morgan fingerprint density at radius 2 is 2.07 bits per heavy atom. The minimum Gasteiger partial charge on any atom is -0.443 e. The van der Waals surface area contributed by atoms with Crippen molar-refractivity contribution in [3.05, 3.63) is 28.6 Å². The number of nitrogens with zero attached hydrogens (tertiary/aromatic N) is 4. The molecule has 11 heteroatoms. The van der Waals surface area contributed by atoms with Gasteiger partial charge in [-0.15, -0.1) is 5.10 Å². The molecule has 0 saturated carbocycles. The summed E-state index contributed by atoms with van der Waals surface area (Å²) in [6, 6.07) is 2.85. The summed E-state index contributed by atoms with van der Waals surface area (Å²) in [7, 11) is 0. The second kappa shape index (κ2) is 8.57. The van der Waals surface area contributed by atoms with Crippen LogP contribution in [0.3, 0.4) is 0 Å². The number of esters is 1. The van der Waals surface area contributed by atoms with E-state index in [0.717, 1.165) is 9.58 Å². The molecule has 3 atom stereocenters. The van der Waals surface area contributed by atoms with Crippen LogP contribution in [-0.2, 0) is 19.1 Å². The summed E-state index contributed by atoms with van der Waals surface area (Å²) >= 11 is 0. The van der Waals surface area contributed by atoms with Crippen LogP contribution in [0.2, 0.25) is 0 Å². The Morgan fingerprint density at radius 1 is 1.33 bits per heavy atom. The van der Waals surface area contributed by atoms with Gasteiger partial charge in [0.2, 0.25) is 5.91 Å². The van der Waals surface area contributed by atoms with Crippen molar-refractivity contribution in [2.45, 2.75) is 45.2 Å². The Bertz CT molecular complexity index is 1050. The minimum absolute atomic E-state index is 0.0260. The number of likely N-dealkylation sites (tertiary alicyclic amines) is 1. The van der Waals surface area contributed by atoms with Crippen molar-refractivity contribution >= 4 is 34.4 Å². The average Bonchev–Trinajstić information content (AvgIpc) is 2.73. The SMILES string of the molecule is CC[C@H](C)[C@H](N)C(=O)OCN1C(=O)CCC(n2nnc3cccc(N)c3c2=O)C1=O. The number of fused-ring (bicyclic) bond motifs is 1. The lowest BCUT2D eigenvalue weighted by atomic mass is 10.0. The molecule has 1 saturated heterocycles. The second-order valence-corrected chi connectivity index (χ2v) is 7.30. The number of hydrogen-bond donors (Lipinski definition) is 2. The molecule has 0 spiro atoms. The molecule has 2 heterocycles. The molecule has 1 fully saturated rings. The van der Waals surface area contributed by atoms with E-state index in [9.17, 15) is 19.2 Å². The van der Waals surface area contributed by atoms with Gasteiger partial charge in [-0.05, 0) is 24.5 Å². The first-order valence-corrected chi connectivity index (χ1v) is 9.66. The van der Waals surface area contributed by atoms with E-state index < -0.39 is 42.2 Å². The number of imide groups is 1. The van der Waals surface area contributed by atoms with Crippen LogP contribution in [0.25, 0.3) is 10.9 Å². The monoisotopic (exact) mass is 416 g/mol. The normalized spacial score (nSPS) is 19.0. The van der Waals surface area contributed by atoms with E-state index in [1.54, 1.807) is 25.1 Å². The maximum absolute atomic E-state index is 12.9. The largest absolute Gasteiger partial charge is 0.443 e. The highest BCUT2D eigenvalue weighted by Crippen LogP contribution is 2.23. The molecular formula is C19H24N6O5. The average molecular weight is 416 g/mol. The predicted octanol–water partition coefficient (Wildman–Crippen LogP) is -0.0621. The molecular weight excluding hydrogens is 392 g/mol. The van der Waals surface area contributed by atoms with Crippen LogP contribution in [0.4, 0.5) is 5.69 Å². The predicted molar refractivity (Wildman–Crippen MR) is 107 cm³/mol. The van der Waals surface area contributed by atoms with E-state index in [4.69, 9.17) is 16.2 Å². The van der Waals surface area contributed by atoms with Crippen molar-refractivity contribution in [3.8, 4) is 0 Å². The Morgan fingerprint density at radius 3 is 2.77 bits per heavy atom. The van der Waals surface area contributed by atoms with Crippen LogP contribution in [0, 0.1) is 5.92 Å². The molecule has 2 amide bonds. The first kappa shape index (κ1) is 21.4. The highest BCUT2D eigenvalue weighted by molar-refractivity contribution is 5.99. The van der Waals surface area contributed by atoms with Gasteiger partial charge >= 0.3 is 5.97 Å². The van der Waals surface area contributed by atoms with Crippen LogP contribution in [0.1, 0.15) is 39.2 Å². The third-order valence-corrected chi connectivity index (χ3v) is 5.39. The number of hydrogen-bond acceptors (Lipinski definition) is 9. The second-order valence-electron chi connectivity index (χ2n) is 7.30. The summed E-state index contributed by atoms with van der Waals surface area (Å²) in [6.07, 6.45) is 0.718. The molecule has 1 aromatic carbocycles. The van der Waals surface area contributed by atoms with Gasteiger partial charge in [0.15, 0.2) is 6.73 Å². The van der Waals surface area contributed by atoms with Gasteiger partial charge < -0.3 is 16.2 Å². The summed E-state index contributed by atoms with van der Waals surface area (Å²) in [4.78, 5) is 50.9. The van der Waals surface area contributed by atoms with Gasteiger partial charge in [0, 0.05) is 12.1 Å². The molecule has 0 radical (unpaired) electrons. The molecule has 3 rings (SSSR count). The third-order valence-electron chi connectivity index (χ3n) is 5.39. The van der Waals surface area contributed by atoms with Crippen LogP contribution in [0.5, 0.6) is 0 Å². The lowest BCUT2D eigenvalue weighted by molar-refractivity contribution is -0.164. The lowest BCUT2D eigenvalue weighted by Gasteiger charge is -2.30. The Kier molecular flexibility index (Phi) is 6.11. The maximum Gasteiger partial charge on any atom is 0.324 e. The highest BCUT2D eigenvalue weighted by atomic mass is 16.5. The van der Waals surface area contributed by atoms with Crippen molar-refractivity contribution in [1.82, 2.24) is 19.9 Å². The first-order chi connectivity index (χ1) is 14.3. The highest BCUT2D eigenvalue weighted by Gasteiger charge is 2.38. The molecule has 0 bridgehead atoms. The lowest BCUT2D eigenvalue weighted by Crippen LogP contribution is -2.50. The number of nitrogen functional groups attached to an aromatic ring is 1. The summed E-state index contributed by atoms with van der Waals surface area (Å²) in [6.45, 7) is 3.11. The number of anilines is 1. The molecule has 30 heavy (non-hydrogen) atoms. The first-order valence-electron chi connectivity index (χ1n) is 9.66. The summed E-state index contributed by atoms with van der Waals surface area (Å²) in [5, 5.41) is 7.96. The molecule has 160 valence electrons. The zero-order valence-corrected chi connectivity index (χ0v) is 16.8. The molecule has 1 aliphatic heterocycles. The van der Waals surface area contributed by atoms with Crippen molar-refractivity contribution in [2.75, 3.05) is 12.5 Å². The number of benzene rings is 1. The van der Waals surface area contributed by atoms with Gasteiger partial charge in [0.25, 0.3) is 11.5 Å². The Balaban J connectivity index is 1.83. The van der Waals surface area contributed by atoms with E-state index in [1.165, 1.54) is 0 Å². The molecule has 1 aromatic heterocycles. The van der Waals surface area contributed by atoms with Crippen molar-refractivity contribution < 1.29 is 19.1 Å². The molecule has 2 aromatic rings. The van der Waals surface area contributed by atoms with Crippen molar-refractivity contribution in [2.24, 2.45) is 11.7 Å². The van der Waals surface area contributed by atoms with E-state index in [0.29, 0.717) is 11.9 Å². The quantitative estimate of drug-likeness (QED) is 0.373. The molecule has 1 unspecified atom stereocenters. The zero-order chi connectivity index (χ0) is 22.0. The van der Waals surface area contributed by atoms with Crippen LogP contribution < -0.4 is 17.0 Å². The molecule has 1 aliphatic rings. The van der Waals surface area contributed by atoms with Crippen molar-refractivity contribution in [1.29, 1.82) is 0 Å². The van der Waals surface area contributed by atoms with E-state index in [2.05, 4.69) is 10.3 Å². The summed E-state index contributed by atoms with van der Waals surface area (Å²) < 4.78 is 6.01. The standard InChI is InChI=1S/C19H24N6O5/c1-3-10(2)16(21)19(29)30-9-24-14(26)8-7-13(17(24)27)25-18(28)15-11(20)5-4-6-12(15)22-23-25/h4-6,10,13,16H,3,7-9,20-21H2,1-2H3/t10-,13?,16-/m0/s1. The molecule has 11 nitrogen and oxygen atoms in total.